The Bertz CT molecular complexity index is 489. The lowest BCUT2D eigenvalue weighted by atomic mass is 10.3. The molecule has 17 heavy (non-hydrogen) atoms. The van der Waals surface area contributed by atoms with E-state index in [9.17, 15) is 9.59 Å². The van der Waals surface area contributed by atoms with Crippen LogP contribution in [0, 0.1) is 5.92 Å². The number of nitrogens with one attached hydrogen (secondary N) is 1. The standard InChI is InChI=1S/C11H12N2O3S/c1-6(12-13-10(14)7-2-3-7)8-4-5-9(17-8)11(15)16/h4-5,7H,2-3H2,1H3,(H,13,14)(H,15,16)/b12-6-. The van der Waals surface area contributed by atoms with Gasteiger partial charge >= 0.3 is 5.97 Å². The van der Waals surface area contributed by atoms with Crippen molar-refractivity contribution in [1.29, 1.82) is 0 Å². The first-order chi connectivity index (χ1) is 8.08. The van der Waals surface area contributed by atoms with E-state index in [0.29, 0.717) is 5.71 Å². The highest BCUT2D eigenvalue weighted by Crippen LogP contribution is 2.28. The van der Waals surface area contributed by atoms with Gasteiger partial charge in [0.05, 0.1) is 10.6 Å². The van der Waals surface area contributed by atoms with Crippen molar-refractivity contribution in [2.75, 3.05) is 0 Å². The normalized spacial score (nSPS) is 15.7. The van der Waals surface area contributed by atoms with Crippen LogP contribution in [-0.2, 0) is 4.79 Å². The smallest absolute Gasteiger partial charge is 0.345 e. The van der Waals surface area contributed by atoms with Crippen molar-refractivity contribution in [3.63, 3.8) is 0 Å². The van der Waals surface area contributed by atoms with Gasteiger partial charge in [-0.2, -0.15) is 5.10 Å². The predicted octanol–water partition coefficient (Wildman–Crippen LogP) is 1.70. The highest BCUT2D eigenvalue weighted by atomic mass is 32.1. The summed E-state index contributed by atoms with van der Waals surface area (Å²) in [5.41, 5.74) is 3.11. The third-order valence-corrected chi connectivity index (χ3v) is 3.64. The molecule has 0 atom stereocenters. The zero-order valence-electron chi connectivity index (χ0n) is 9.27. The van der Waals surface area contributed by atoms with E-state index >= 15 is 0 Å². The number of nitrogens with zero attached hydrogens (tertiary/aromatic N) is 1. The number of hydrogen-bond donors (Lipinski definition) is 2. The fourth-order valence-electron chi connectivity index (χ4n) is 1.28. The van der Waals surface area contributed by atoms with E-state index in [2.05, 4.69) is 10.5 Å². The lowest BCUT2D eigenvalue weighted by molar-refractivity contribution is -0.122. The average Bonchev–Trinajstić information content (AvgIpc) is 3.02. The van der Waals surface area contributed by atoms with Gasteiger partial charge < -0.3 is 5.11 Å². The molecule has 1 amide bonds. The Kier molecular flexibility index (Phi) is 3.23. The maximum Gasteiger partial charge on any atom is 0.345 e. The number of thiophene rings is 1. The molecule has 1 heterocycles. The summed E-state index contributed by atoms with van der Waals surface area (Å²) >= 11 is 1.14. The Balaban J connectivity index is 2.01. The number of aromatic carboxylic acids is 1. The number of hydrazone groups is 1. The van der Waals surface area contributed by atoms with Crippen LogP contribution in [-0.4, -0.2) is 22.7 Å². The number of carboxylic acid groups (broad SMARTS) is 1. The van der Waals surface area contributed by atoms with Crippen LogP contribution in [0.25, 0.3) is 0 Å². The second-order valence-corrected chi connectivity index (χ2v) is 5.00. The number of carbonyl (C=O) groups excluding carboxylic acids is 1. The van der Waals surface area contributed by atoms with Crippen LogP contribution in [0.4, 0.5) is 0 Å². The largest absolute Gasteiger partial charge is 0.477 e. The fourth-order valence-corrected chi connectivity index (χ4v) is 2.07. The van der Waals surface area contributed by atoms with Gasteiger partial charge in [-0.3, -0.25) is 4.79 Å². The monoisotopic (exact) mass is 252 g/mol. The SMILES string of the molecule is C/C(=N/NC(=O)C1CC1)c1ccc(C(=O)O)s1. The van der Waals surface area contributed by atoms with E-state index in [1.54, 1.807) is 13.0 Å². The molecule has 0 spiro atoms. The highest BCUT2D eigenvalue weighted by Gasteiger charge is 2.29. The van der Waals surface area contributed by atoms with Crippen molar-refractivity contribution in [2.45, 2.75) is 19.8 Å². The van der Waals surface area contributed by atoms with Crippen molar-refractivity contribution in [1.82, 2.24) is 5.43 Å². The molecule has 0 saturated heterocycles. The Labute approximate surface area is 102 Å². The maximum atomic E-state index is 11.3. The molecule has 1 aromatic heterocycles. The van der Waals surface area contributed by atoms with E-state index in [1.807, 2.05) is 0 Å². The minimum atomic E-state index is -0.948. The first-order valence-electron chi connectivity index (χ1n) is 5.25. The second kappa shape index (κ2) is 4.67. The van der Waals surface area contributed by atoms with Gasteiger partial charge in [-0.05, 0) is 31.9 Å². The van der Waals surface area contributed by atoms with Crippen molar-refractivity contribution in [2.24, 2.45) is 11.0 Å². The molecule has 0 bridgehead atoms. The minimum absolute atomic E-state index is 0.0561. The molecular weight excluding hydrogens is 240 g/mol. The van der Waals surface area contributed by atoms with Crippen molar-refractivity contribution < 1.29 is 14.7 Å². The fraction of sp³-hybridized carbons (Fsp3) is 0.364. The van der Waals surface area contributed by atoms with Crippen LogP contribution in [0.3, 0.4) is 0 Å². The molecular formula is C11H12N2O3S. The van der Waals surface area contributed by atoms with Gasteiger partial charge in [0.2, 0.25) is 5.91 Å². The molecule has 2 N–H and O–H groups in total. The summed E-state index contributed by atoms with van der Waals surface area (Å²) in [6.07, 6.45) is 1.87. The number of carboxylic acids is 1. The summed E-state index contributed by atoms with van der Waals surface area (Å²) in [6, 6.07) is 3.22. The molecule has 1 saturated carbocycles. The lowest BCUT2D eigenvalue weighted by Crippen LogP contribution is -2.20. The minimum Gasteiger partial charge on any atom is -0.477 e. The van der Waals surface area contributed by atoms with Crippen LogP contribution in [0.5, 0.6) is 0 Å². The molecule has 1 fully saturated rings. The topological polar surface area (TPSA) is 78.8 Å². The average molecular weight is 252 g/mol. The van der Waals surface area contributed by atoms with Gasteiger partial charge in [-0.25, -0.2) is 10.2 Å². The Hall–Kier alpha value is -1.69. The molecule has 0 unspecified atom stereocenters. The summed E-state index contributed by atoms with van der Waals surface area (Å²) in [5, 5.41) is 12.7. The third kappa shape index (κ3) is 2.91. The van der Waals surface area contributed by atoms with Crippen LogP contribution >= 0.6 is 11.3 Å². The van der Waals surface area contributed by atoms with E-state index in [1.165, 1.54) is 6.07 Å². The number of amides is 1. The van der Waals surface area contributed by atoms with Crippen LogP contribution in [0.1, 0.15) is 34.3 Å². The van der Waals surface area contributed by atoms with E-state index in [4.69, 9.17) is 5.11 Å². The number of hydrogen-bond acceptors (Lipinski definition) is 4. The van der Waals surface area contributed by atoms with Gasteiger partial charge in [-0.1, -0.05) is 0 Å². The molecule has 0 aromatic carbocycles. The molecule has 1 aliphatic carbocycles. The molecule has 6 heteroatoms. The molecule has 2 rings (SSSR count). The van der Waals surface area contributed by atoms with Gasteiger partial charge in [0.1, 0.15) is 4.88 Å². The van der Waals surface area contributed by atoms with Crippen molar-refractivity contribution in [3.05, 3.63) is 21.9 Å². The van der Waals surface area contributed by atoms with Crippen molar-refractivity contribution in [3.8, 4) is 0 Å². The maximum absolute atomic E-state index is 11.3. The zero-order valence-corrected chi connectivity index (χ0v) is 10.1. The van der Waals surface area contributed by atoms with Gasteiger partial charge in [-0.15, -0.1) is 11.3 Å². The summed E-state index contributed by atoms with van der Waals surface area (Å²) in [5.74, 6) is -0.889. The first kappa shape index (κ1) is 11.8. The van der Waals surface area contributed by atoms with Crippen LogP contribution in [0.15, 0.2) is 17.2 Å². The van der Waals surface area contributed by atoms with E-state index < -0.39 is 5.97 Å². The molecule has 90 valence electrons. The highest BCUT2D eigenvalue weighted by molar-refractivity contribution is 7.15. The van der Waals surface area contributed by atoms with E-state index in [0.717, 1.165) is 29.1 Å². The second-order valence-electron chi connectivity index (χ2n) is 3.92. The molecule has 5 nitrogen and oxygen atoms in total. The molecule has 1 aliphatic rings. The zero-order chi connectivity index (χ0) is 12.4. The Morgan fingerprint density at radius 2 is 2.06 bits per heavy atom. The van der Waals surface area contributed by atoms with Crippen LogP contribution < -0.4 is 5.43 Å². The first-order valence-corrected chi connectivity index (χ1v) is 6.07. The molecule has 1 aromatic rings. The summed E-state index contributed by atoms with van der Waals surface area (Å²) in [4.78, 5) is 23.1. The number of carbonyl (C=O) groups is 2. The number of rotatable bonds is 4. The Morgan fingerprint density at radius 1 is 1.41 bits per heavy atom. The summed E-state index contributed by atoms with van der Waals surface area (Å²) in [7, 11) is 0. The van der Waals surface area contributed by atoms with Gasteiger partial charge in [0, 0.05) is 5.92 Å². The van der Waals surface area contributed by atoms with Gasteiger partial charge in [0.25, 0.3) is 0 Å². The van der Waals surface area contributed by atoms with Crippen molar-refractivity contribution >= 4 is 28.9 Å². The Morgan fingerprint density at radius 3 is 2.59 bits per heavy atom. The molecule has 0 radical (unpaired) electrons. The summed E-state index contributed by atoms with van der Waals surface area (Å²) in [6.45, 7) is 1.74. The predicted molar refractivity (Wildman–Crippen MR) is 64.4 cm³/mol. The quantitative estimate of drug-likeness (QED) is 0.632. The lowest BCUT2D eigenvalue weighted by Gasteiger charge is -1.98. The molecule has 0 aliphatic heterocycles. The van der Waals surface area contributed by atoms with E-state index in [-0.39, 0.29) is 16.7 Å². The summed E-state index contributed by atoms with van der Waals surface area (Å²) < 4.78 is 0. The third-order valence-electron chi connectivity index (χ3n) is 2.46. The van der Waals surface area contributed by atoms with Gasteiger partial charge in [0.15, 0.2) is 0 Å². The van der Waals surface area contributed by atoms with Crippen LogP contribution in [0.2, 0.25) is 0 Å².